The van der Waals surface area contributed by atoms with Gasteiger partial charge in [-0.05, 0) is 57.8 Å². The Labute approximate surface area is 385 Å². The number of carbonyl (C=O) groups excluding carboxylic acids is 2. The molecule has 0 spiro atoms. The van der Waals surface area contributed by atoms with Gasteiger partial charge in [-0.15, -0.1) is 0 Å². The van der Waals surface area contributed by atoms with Gasteiger partial charge in [0.2, 0.25) is 5.91 Å². The summed E-state index contributed by atoms with van der Waals surface area (Å²) in [6, 6.07) is -0.637. The van der Waals surface area contributed by atoms with Crippen molar-refractivity contribution in [2.45, 2.75) is 296 Å². The summed E-state index contributed by atoms with van der Waals surface area (Å²) in [7, 11) is 0. The number of hydrogen-bond donors (Lipinski definition) is 3. The van der Waals surface area contributed by atoms with Gasteiger partial charge in [-0.1, -0.05) is 249 Å². The number of aliphatic hydroxyl groups excluding tert-OH is 2. The first kappa shape index (κ1) is 60.1. The highest BCUT2D eigenvalue weighted by atomic mass is 16.5. The normalized spacial score (nSPS) is 12.9. The van der Waals surface area contributed by atoms with Gasteiger partial charge >= 0.3 is 5.97 Å². The van der Waals surface area contributed by atoms with Crippen molar-refractivity contribution in [2.75, 3.05) is 13.2 Å². The van der Waals surface area contributed by atoms with Crippen molar-refractivity contribution in [3.63, 3.8) is 0 Å². The third-order valence-corrected chi connectivity index (χ3v) is 12.4. The molecule has 3 N–H and O–H groups in total. The number of aliphatic hydroxyl groups is 2. The highest BCUT2D eigenvalue weighted by Gasteiger charge is 2.18. The van der Waals surface area contributed by atoms with Crippen LogP contribution in [0.15, 0.2) is 36.5 Å². The van der Waals surface area contributed by atoms with Crippen LogP contribution in [0.5, 0.6) is 0 Å². The molecular formula is C56H105NO5. The van der Waals surface area contributed by atoms with E-state index < -0.39 is 12.1 Å². The molecule has 0 aromatic rings. The van der Waals surface area contributed by atoms with E-state index in [-0.39, 0.29) is 18.5 Å². The molecule has 0 aromatic carbocycles. The summed E-state index contributed by atoms with van der Waals surface area (Å²) >= 11 is 0. The number of allylic oxidation sites excluding steroid dienone is 5. The second-order valence-electron chi connectivity index (χ2n) is 18.6. The first-order valence-corrected chi connectivity index (χ1v) is 27.3. The third-order valence-electron chi connectivity index (χ3n) is 12.4. The van der Waals surface area contributed by atoms with Crippen LogP contribution in [-0.2, 0) is 14.3 Å². The molecule has 0 aliphatic heterocycles. The number of hydrogen-bond acceptors (Lipinski definition) is 5. The van der Waals surface area contributed by atoms with Crippen molar-refractivity contribution in [1.82, 2.24) is 5.32 Å². The Kier molecular flexibility index (Phi) is 50.1. The summed E-state index contributed by atoms with van der Waals surface area (Å²) in [6.45, 7) is 4.84. The maximum Gasteiger partial charge on any atom is 0.305 e. The Hall–Kier alpha value is -1.92. The fraction of sp³-hybridized carbons (Fsp3) is 0.857. The summed E-state index contributed by atoms with van der Waals surface area (Å²) in [5.41, 5.74) is 0. The summed E-state index contributed by atoms with van der Waals surface area (Å²) in [5.74, 6) is -0.0967. The topological polar surface area (TPSA) is 95.9 Å². The predicted octanol–water partition coefficient (Wildman–Crippen LogP) is 16.5. The number of carbonyl (C=O) groups is 2. The van der Waals surface area contributed by atoms with Crippen molar-refractivity contribution in [2.24, 2.45) is 0 Å². The van der Waals surface area contributed by atoms with Crippen LogP contribution >= 0.6 is 0 Å². The maximum atomic E-state index is 12.5. The van der Waals surface area contributed by atoms with E-state index in [4.69, 9.17) is 4.74 Å². The maximum absolute atomic E-state index is 12.5. The van der Waals surface area contributed by atoms with Crippen LogP contribution in [-0.4, -0.2) is 47.4 Å². The average Bonchev–Trinajstić information content (AvgIpc) is 3.27. The lowest BCUT2D eigenvalue weighted by Gasteiger charge is -2.20. The Morgan fingerprint density at radius 3 is 1.27 bits per heavy atom. The number of esters is 1. The molecule has 62 heavy (non-hydrogen) atoms. The lowest BCUT2D eigenvalue weighted by atomic mass is 10.0. The lowest BCUT2D eigenvalue weighted by molar-refractivity contribution is -0.143. The van der Waals surface area contributed by atoms with Crippen LogP contribution in [0.1, 0.15) is 284 Å². The molecule has 364 valence electrons. The number of unbranched alkanes of at least 4 members (excludes halogenated alkanes) is 35. The summed E-state index contributed by atoms with van der Waals surface area (Å²) < 4.78 is 5.46. The highest BCUT2D eigenvalue weighted by molar-refractivity contribution is 5.76. The Balaban J connectivity index is 3.49. The fourth-order valence-electron chi connectivity index (χ4n) is 8.18. The third kappa shape index (κ3) is 47.6. The van der Waals surface area contributed by atoms with Crippen LogP contribution in [0.3, 0.4) is 0 Å². The van der Waals surface area contributed by atoms with Crippen LogP contribution in [0.2, 0.25) is 0 Å². The number of nitrogens with one attached hydrogen (secondary N) is 1. The first-order chi connectivity index (χ1) is 30.5. The average molecular weight is 872 g/mol. The fourth-order valence-corrected chi connectivity index (χ4v) is 8.18. The molecule has 0 heterocycles. The van der Waals surface area contributed by atoms with E-state index in [9.17, 15) is 19.8 Å². The van der Waals surface area contributed by atoms with Crippen molar-refractivity contribution in [3.8, 4) is 0 Å². The second kappa shape index (κ2) is 51.7. The standard InChI is InChI=1S/C56H105NO5/c1-3-5-7-9-11-13-15-17-19-20-21-24-28-32-36-40-44-48-54(59)53(52-58)57-55(60)49-45-41-37-33-29-25-22-23-27-31-35-39-43-47-51-62-56(61)50-46-42-38-34-30-26-18-16-14-12-10-8-6-4-2/h10,12,16,18,44,48,53-54,58-59H,3-9,11,13-15,17,19-43,45-47,49-52H2,1-2H3,(H,57,60)/b12-10-,18-16-,48-44+. The second-order valence-corrected chi connectivity index (χ2v) is 18.6. The summed E-state index contributed by atoms with van der Waals surface area (Å²) in [5, 5.41) is 23.1. The molecule has 2 unspecified atom stereocenters. The molecule has 0 bridgehead atoms. The molecule has 0 aliphatic carbocycles. The van der Waals surface area contributed by atoms with Crippen LogP contribution in [0, 0.1) is 0 Å². The van der Waals surface area contributed by atoms with Gasteiger partial charge in [-0.3, -0.25) is 9.59 Å². The molecule has 0 rings (SSSR count). The molecule has 0 saturated heterocycles. The number of amides is 1. The van der Waals surface area contributed by atoms with Gasteiger partial charge in [0, 0.05) is 12.8 Å². The van der Waals surface area contributed by atoms with Gasteiger partial charge in [0.05, 0.1) is 25.4 Å². The molecule has 0 saturated carbocycles. The Morgan fingerprint density at radius 2 is 0.823 bits per heavy atom. The monoisotopic (exact) mass is 872 g/mol. The van der Waals surface area contributed by atoms with E-state index in [0.717, 1.165) is 64.2 Å². The predicted molar refractivity (Wildman–Crippen MR) is 269 cm³/mol. The smallest absolute Gasteiger partial charge is 0.305 e. The molecule has 2 atom stereocenters. The Bertz CT molecular complexity index is 1010. The zero-order chi connectivity index (χ0) is 45.1. The van der Waals surface area contributed by atoms with Crippen LogP contribution in [0.25, 0.3) is 0 Å². The minimum absolute atomic E-state index is 0.0183. The van der Waals surface area contributed by atoms with E-state index in [1.807, 2.05) is 6.08 Å². The minimum Gasteiger partial charge on any atom is -0.466 e. The summed E-state index contributed by atoms with van der Waals surface area (Å²) in [6.07, 6.45) is 62.9. The minimum atomic E-state index is -0.852. The van der Waals surface area contributed by atoms with Crippen molar-refractivity contribution in [1.29, 1.82) is 0 Å². The van der Waals surface area contributed by atoms with E-state index in [1.54, 1.807) is 6.08 Å². The molecular weight excluding hydrogens is 767 g/mol. The lowest BCUT2D eigenvalue weighted by Crippen LogP contribution is -2.45. The number of ether oxygens (including phenoxy) is 1. The van der Waals surface area contributed by atoms with Gasteiger partial charge in [-0.25, -0.2) is 0 Å². The zero-order valence-corrected chi connectivity index (χ0v) is 41.4. The van der Waals surface area contributed by atoms with Crippen LogP contribution in [0.4, 0.5) is 0 Å². The highest BCUT2D eigenvalue weighted by Crippen LogP contribution is 2.16. The van der Waals surface area contributed by atoms with Crippen LogP contribution < -0.4 is 5.32 Å². The number of rotatable bonds is 50. The first-order valence-electron chi connectivity index (χ1n) is 27.3. The van der Waals surface area contributed by atoms with Crippen molar-refractivity contribution in [3.05, 3.63) is 36.5 Å². The SMILES string of the molecule is CCCC/C=C\C/C=C\CCCCCCCC(=O)OCCCCCCCCCCCCCCCCC(=O)NC(CO)C(O)/C=C/CCCCCCCCCCCCCCCCC. The zero-order valence-electron chi connectivity index (χ0n) is 41.4. The Morgan fingerprint density at radius 1 is 0.452 bits per heavy atom. The van der Waals surface area contributed by atoms with Gasteiger partial charge in [-0.2, -0.15) is 0 Å². The molecule has 0 radical (unpaired) electrons. The molecule has 0 aliphatic rings. The molecule has 6 nitrogen and oxygen atoms in total. The molecule has 1 amide bonds. The van der Waals surface area contributed by atoms with Crippen molar-refractivity contribution >= 4 is 11.9 Å². The molecule has 6 heteroatoms. The van der Waals surface area contributed by atoms with E-state index in [0.29, 0.717) is 19.4 Å². The molecule has 0 aromatic heterocycles. The van der Waals surface area contributed by atoms with Gasteiger partial charge < -0.3 is 20.3 Å². The van der Waals surface area contributed by atoms with Gasteiger partial charge in [0.25, 0.3) is 0 Å². The van der Waals surface area contributed by atoms with E-state index in [1.165, 1.54) is 193 Å². The van der Waals surface area contributed by atoms with E-state index >= 15 is 0 Å². The van der Waals surface area contributed by atoms with E-state index in [2.05, 4.69) is 43.5 Å². The van der Waals surface area contributed by atoms with Gasteiger partial charge in [0.1, 0.15) is 0 Å². The van der Waals surface area contributed by atoms with Crippen molar-refractivity contribution < 1.29 is 24.5 Å². The quantitative estimate of drug-likeness (QED) is 0.0321. The largest absolute Gasteiger partial charge is 0.466 e. The molecule has 0 fully saturated rings. The van der Waals surface area contributed by atoms with Gasteiger partial charge in [0.15, 0.2) is 0 Å². The summed E-state index contributed by atoms with van der Waals surface area (Å²) in [4.78, 5) is 24.5.